The predicted molar refractivity (Wildman–Crippen MR) is 81.6 cm³/mol. The van der Waals surface area contributed by atoms with E-state index >= 15 is 0 Å². The Morgan fingerprint density at radius 3 is 2.12 bits per heavy atom. The second-order valence-corrected chi connectivity index (χ2v) is 5.77. The van der Waals surface area contributed by atoms with Crippen LogP contribution in [0.4, 0.5) is 26.3 Å². The number of nitrogens with zero attached hydrogens (tertiary/aromatic N) is 1. The second-order valence-electron chi connectivity index (χ2n) is 5.36. The molecule has 0 amide bonds. The Balaban J connectivity index is 0.00000288. The van der Waals surface area contributed by atoms with Gasteiger partial charge in [0.1, 0.15) is 0 Å². The van der Waals surface area contributed by atoms with E-state index in [1.807, 2.05) is 0 Å². The van der Waals surface area contributed by atoms with Crippen molar-refractivity contribution in [2.45, 2.75) is 24.8 Å². The molecule has 1 aliphatic heterocycles. The van der Waals surface area contributed by atoms with Crippen LogP contribution < -0.4 is 5.32 Å². The minimum atomic E-state index is -4.63. The monoisotopic (exact) mass is 396 g/mol. The van der Waals surface area contributed by atoms with Crippen LogP contribution in [-0.4, -0.2) is 37.3 Å². The molecule has 0 unspecified atom stereocenters. The molecule has 2 nitrogen and oxygen atoms in total. The summed E-state index contributed by atoms with van der Waals surface area (Å²) < 4.78 is 76.8. The van der Waals surface area contributed by atoms with Gasteiger partial charge in [-0.15, -0.1) is 12.4 Å². The van der Waals surface area contributed by atoms with Crippen molar-refractivity contribution in [2.75, 3.05) is 26.2 Å². The largest absolute Gasteiger partial charge is 0.417 e. The molecular weight excluding hydrogens is 381 g/mol. The fraction of sp³-hybridized carbons (Fsp3) is 0.571. The van der Waals surface area contributed by atoms with E-state index in [1.165, 1.54) is 0 Å². The summed E-state index contributed by atoms with van der Waals surface area (Å²) in [6.45, 7) is 1.84. The van der Waals surface area contributed by atoms with Gasteiger partial charge in [-0.2, -0.15) is 26.3 Å². The topological polar surface area (TPSA) is 15.3 Å². The van der Waals surface area contributed by atoms with Gasteiger partial charge in [0.25, 0.3) is 0 Å². The number of hydrogen-bond donors (Lipinski definition) is 1. The van der Waals surface area contributed by atoms with Crippen molar-refractivity contribution in [2.24, 2.45) is 0 Å². The third-order valence-electron chi connectivity index (χ3n) is 3.70. The number of piperazine rings is 1. The van der Waals surface area contributed by atoms with Crippen molar-refractivity contribution in [3.05, 3.63) is 34.3 Å². The van der Waals surface area contributed by atoms with Crippen LogP contribution >= 0.6 is 24.0 Å². The predicted octanol–water partition coefficient (Wildman–Crippen LogP) is 4.68. The molecule has 1 heterocycles. The lowest BCUT2D eigenvalue weighted by Gasteiger charge is -2.35. The zero-order chi connectivity index (χ0) is 17.3. The summed E-state index contributed by atoms with van der Waals surface area (Å²) in [7, 11) is 0. The van der Waals surface area contributed by atoms with Gasteiger partial charge in [0.15, 0.2) is 0 Å². The first-order chi connectivity index (χ1) is 10.6. The lowest BCUT2D eigenvalue weighted by Crippen LogP contribution is -2.46. The van der Waals surface area contributed by atoms with Crippen LogP contribution in [0.2, 0.25) is 5.02 Å². The third-order valence-corrected chi connectivity index (χ3v) is 4.01. The molecule has 0 radical (unpaired) electrons. The Morgan fingerprint density at radius 2 is 1.67 bits per heavy atom. The van der Waals surface area contributed by atoms with E-state index in [2.05, 4.69) is 5.32 Å². The van der Waals surface area contributed by atoms with E-state index in [9.17, 15) is 26.3 Å². The van der Waals surface area contributed by atoms with Gasteiger partial charge in [-0.25, -0.2) is 0 Å². The first-order valence-corrected chi connectivity index (χ1v) is 7.34. The van der Waals surface area contributed by atoms with E-state index in [0.29, 0.717) is 26.2 Å². The van der Waals surface area contributed by atoms with Gasteiger partial charge in [-0.1, -0.05) is 17.7 Å². The molecule has 1 saturated heterocycles. The Kier molecular flexibility index (Phi) is 7.22. The van der Waals surface area contributed by atoms with Gasteiger partial charge >= 0.3 is 12.4 Å². The maximum Gasteiger partial charge on any atom is 0.417 e. The zero-order valence-corrected chi connectivity index (χ0v) is 13.9. The number of rotatable bonds is 3. The average Bonchev–Trinajstić information content (AvgIpc) is 2.43. The summed E-state index contributed by atoms with van der Waals surface area (Å²) >= 11 is 5.64. The Morgan fingerprint density at radius 1 is 1.08 bits per heavy atom. The first-order valence-electron chi connectivity index (χ1n) is 6.96. The molecule has 1 aromatic rings. The minimum absolute atomic E-state index is 0. The molecule has 1 atom stereocenters. The van der Waals surface area contributed by atoms with E-state index in [-0.39, 0.29) is 18.0 Å². The van der Waals surface area contributed by atoms with E-state index in [4.69, 9.17) is 11.6 Å². The summed E-state index contributed by atoms with van der Waals surface area (Å²) in [6, 6.07) is 1.76. The highest BCUT2D eigenvalue weighted by atomic mass is 35.5. The second kappa shape index (κ2) is 8.12. The molecule has 0 aliphatic carbocycles. The SMILES string of the molecule is Cl.FC(F)(F)C[C@H](c1ccc(C(F)(F)F)c(Cl)c1)N1CCNCC1. The Hall–Kier alpha value is -0.700. The van der Waals surface area contributed by atoms with Crippen LogP contribution in [-0.2, 0) is 6.18 Å². The molecule has 10 heteroatoms. The van der Waals surface area contributed by atoms with E-state index in [1.54, 1.807) is 4.90 Å². The van der Waals surface area contributed by atoms with Crippen molar-refractivity contribution in [3.63, 3.8) is 0 Å². The average molecular weight is 397 g/mol. The fourth-order valence-electron chi connectivity index (χ4n) is 2.64. The molecule has 138 valence electrons. The molecule has 0 saturated carbocycles. The maximum atomic E-state index is 12.9. The third kappa shape index (κ3) is 5.68. The molecule has 0 bridgehead atoms. The maximum absolute atomic E-state index is 12.9. The number of alkyl halides is 6. The molecule has 1 aliphatic rings. The quantitative estimate of drug-likeness (QED) is 0.746. The van der Waals surface area contributed by atoms with E-state index < -0.39 is 35.4 Å². The first kappa shape index (κ1) is 21.3. The summed E-state index contributed by atoms with van der Waals surface area (Å²) in [5.74, 6) is 0. The van der Waals surface area contributed by atoms with Gasteiger partial charge in [-0.3, -0.25) is 4.90 Å². The lowest BCUT2D eigenvalue weighted by atomic mass is 9.99. The smallest absolute Gasteiger partial charge is 0.314 e. The van der Waals surface area contributed by atoms with Crippen LogP contribution in [0.5, 0.6) is 0 Å². The van der Waals surface area contributed by atoms with Crippen molar-refractivity contribution in [1.29, 1.82) is 0 Å². The zero-order valence-electron chi connectivity index (χ0n) is 12.3. The lowest BCUT2D eigenvalue weighted by molar-refractivity contribution is -0.149. The summed E-state index contributed by atoms with van der Waals surface area (Å²) in [5.41, 5.74) is -0.906. The Labute approximate surface area is 146 Å². The van der Waals surface area contributed by atoms with Crippen LogP contribution in [0.25, 0.3) is 0 Å². The molecule has 1 N–H and O–H groups in total. The van der Waals surface area contributed by atoms with Gasteiger partial charge < -0.3 is 5.32 Å². The van der Waals surface area contributed by atoms with Crippen molar-refractivity contribution in [1.82, 2.24) is 10.2 Å². The molecule has 24 heavy (non-hydrogen) atoms. The molecule has 1 fully saturated rings. The molecular formula is C14H16Cl2F6N2. The van der Waals surface area contributed by atoms with E-state index in [0.717, 1.165) is 18.2 Å². The molecule has 1 aromatic carbocycles. The summed E-state index contributed by atoms with van der Waals surface area (Å²) in [4.78, 5) is 1.61. The van der Waals surface area contributed by atoms with Crippen LogP contribution in [0.1, 0.15) is 23.6 Å². The normalized spacial score (nSPS) is 18.1. The van der Waals surface area contributed by atoms with Gasteiger partial charge in [0.05, 0.1) is 17.0 Å². The highest BCUT2D eigenvalue weighted by Gasteiger charge is 2.37. The number of hydrogen-bond acceptors (Lipinski definition) is 2. The van der Waals surface area contributed by atoms with Gasteiger partial charge in [-0.05, 0) is 17.7 Å². The Bertz CT molecular complexity index is 541. The number of halogens is 8. The van der Waals surface area contributed by atoms with Crippen LogP contribution in [0.3, 0.4) is 0 Å². The van der Waals surface area contributed by atoms with Gasteiger partial charge in [0.2, 0.25) is 0 Å². The standard InChI is InChI=1S/C14H15ClF6N2.ClH/c15-11-7-9(1-2-10(11)14(19,20)21)12(8-13(16,17)18)23-5-3-22-4-6-23;/h1-2,7,12,22H,3-6,8H2;1H/t12-;/m1./s1. The molecule has 2 rings (SSSR count). The van der Waals surface area contributed by atoms with Crippen molar-refractivity contribution >= 4 is 24.0 Å². The van der Waals surface area contributed by atoms with Crippen molar-refractivity contribution < 1.29 is 26.3 Å². The van der Waals surface area contributed by atoms with Gasteiger partial charge in [0, 0.05) is 32.2 Å². The summed E-state index contributed by atoms with van der Waals surface area (Å²) in [6.07, 6.45) is -10.2. The highest BCUT2D eigenvalue weighted by molar-refractivity contribution is 6.31. The number of nitrogens with one attached hydrogen (secondary N) is 1. The van der Waals surface area contributed by atoms with Crippen LogP contribution in [0, 0.1) is 0 Å². The van der Waals surface area contributed by atoms with Crippen molar-refractivity contribution in [3.8, 4) is 0 Å². The number of benzene rings is 1. The minimum Gasteiger partial charge on any atom is -0.314 e. The highest BCUT2D eigenvalue weighted by Crippen LogP contribution is 2.39. The fourth-order valence-corrected chi connectivity index (χ4v) is 2.94. The summed E-state index contributed by atoms with van der Waals surface area (Å²) in [5, 5.41) is 2.44. The van der Waals surface area contributed by atoms with Crippen LogP contribution in [0.15, 0.2) is 18.2 Å². The molecule has 0 aromatic heterocycles. The molecule has 0 spiro atoms.